The predicted octanol–water partition coefficient (Wildman–Crippen LogP) is 1.17. The van der Waals surface area contributed by atoms with Gasteiger partial charge in [-0.15, -0.1) is 0 Å². The predicted molar refractivity (Wildman–Crippen MR) is 110 cm³/mol. The van der Waals surface area contributed by atoms with Crippen LogP contribution in [0.3, 0.4) is 0 Å². The average Bonchev–Trinajstić information content (AvgIpc) is 2.70. The van der Waals surface area contributed by atoms with Crippen LogP contribution in [0.4, 0.5) is 5.69 Å². The van der Waals surface area contributed by atoms with E-state index in [0.717, 1.165) is 0 Å². The lowest BCUT2D eigenvalue weighted by Gasteiger charge is -2.31. The van der Waals surface area contributed by atoms with Crippen molar-refractivity contribution in [2.45, 2.75) is 23.8 Å². The number of nitrogens with zero attached hydrogens (tertiary/aromatic N) is 1. The summed E-state index contributed by atoms with van der Waals surface area (Å²) in [5.74, 6) is -0.852. The molecule has 1 saturated heterocycles. The van der Waals surface area contributed by atoms with Gasteiger partial charge in [0.1, 0.15) is 0 Å². The van der Waals surface area contributed by atoms with E-state index in [9.17, 15) is 18.0 Å². The van der Waals surface area contributed by atoms with Crippen LogP contribution >= 0.6 is 0 Å². The van der Waals surface area contributed by atoms with Crippen molar-refractivity contribution in [3.8, 4) is 0 Å². The number of hydrogen-bond donors (Lipinski definition) is 3. The lowest BCUT2D eigenvalue weighted by Crippen LogP contribution is -2.46. The number of para-hydroxylation sites is 1. The third-order valence-corrected chi connectivity index (χ3v) is 6.33. The van der Waals surface area contributed by atoms with Gasteiger partial charge in [-0.05, 0) is 37.1 Å². The van der Waals surface area contributed by atoms with Crippen LogP contribution in [0.15, 0.2) is 59.5 Å². The molecule has 2 aromatic carbocycles. The summed E-state index contributed by atoms with van der Waals surface area (Å²) in [6, 6.07) is 14.7. The molecule has 1 aliphatic rings. The first-order valence-corrected chi connectivity index (χ1v) is 10.8. The lowest BCUT2D eigenvalue weighted by atomic mass is 10.1. The van der Waals surface area contributed by atoms with Gasteiger partial charge >= 0.3 is 0 Å². The molecular formula is C20H24N4O4S. The highest BCUT2D eigenvalue weighted by Crippen LogP contribution is 2.16. The van der Waals surface area contributed by atoms with Crippen LogP contribution in [0.25, 0.3) is 0 Å². The fourth-order valence-corrected chi connectivity index (χ4v) is 4.62. The number of nitrogens with one attached hydrogen (secondary N) is 2. The van der Waals surface area contributed by atoms with Gasteiger partial charge in [0.25, 0.3) is 5.91 Å². The van der Waals surface area contributed by atoms with Crippen molar-refractivity contribution < 1.29 is 18.0 Å². The minimum atomic E-state index is -3.55. The first kappa shape index (κ1) is 21.0. The molecule has 0 bridgehead atoms. The Morgan fingerprint density at radius 2 is 1.62 bits per heavy atom. The Bertz CT molecular complexity index is 971. The molecule has 1 aliphatic heterocycles. The molecule has 1 fully saturated rings. The number of anilines is 1. The largest absolute Gasteiger partial charge is 0.366 e. The van der Waals surface area contributed by atoms with Crippen LogP contribution in [0.1, 0.15) is 23.2 Å². The number of rotatable bonds is 7. The van der Waals surface area contributed by atoms with Gasteiger partial charge in [0.2, 0.25) is 15.9 Å². The minimum Gasteiger partial charge on any atom is -0.366 e. The molecule has 0 aromatic heterocycles. The number of carbonyl (C=O) groups excluding carboxylic acids is 2. The first-order chi connectivity index (χ1) is 13.8. The molecule has 9 heteroatoms. The van der Waals surface area contributed by atoms with Gasteiger partial charge < -0.3 is 11.1 Å². The molecule has 154 valence electrons. The topological polar surface area (TPSA) is 122 Å². The summed E-state index contributed by atoms with van der Waals surface area (Å²) in [5.41, 5.74) is 5.97. The molecule has 8 nitrogen and oxygen atoms in total. The molecule has 0 radical (unpaired) electrons. The molecule has 1 heterocycles. The van der Waals surface area contributed by atoms with Gasteiger partial charge in [0.05, 0.1) is 22.7 Å². The van der Waals surface area contributed by atoms with E-state index in [4.69, 9.17) is 5.73 Å². The molecule has 2 aromatic rings. The normalized spacial score (nSPS) is 15.7. The van der Waals surface area contributed by atoms with Crippen LogP contribution in [0.5, 0.6) is 0 Å². The smallest absolute Gasteiger partial charge is 0.250 e. The Labute approximate surface area is 170 Å². The van der Waals surface area contributed by atoms with Crippen LogP contribution < -0.4 is 15.8 Å². The molecule has 0 saturated carbocycles. The maximum atomic E-state index is 12.4. The molecule has 0 atom stereocenters. The van der Waals surface area contributed by atoms with Crippen molar-refractivity contribution >= 4 is 27.5 Å². The maximum absolute atomic E-state index is 12.4. The zero-order valence-electron chi connectivity index (χ0n) is 15.9. The number of hydrogen-bond acceptors (Lipinski definition) is 5. The molecule has 2 amide bonds. The van der Waals surface area contributed by atoms with Crippen molar-refractivity contribution in [3.05, 3.63) is 60.2 Å². The standard InChI is InChI=1S/C20H24N4O4S/c21-20(26)17-8-4-5-9-18(17)22-19(25)14-24-12-10-15(11-13-24)23-29(27,28)16-6-2-1-3-7-16/h1-9,15,23H,10-14H2,(H2,21,26)(H,22,25). The summed E-state index contributed by atoms with van der Waals surface area (Å²) in [5, 5.41) is 2.72. The van der Waals surface area contributed by atoms with E-state index in [2.05, 4.69) is 10.0 Å². The van der Waals surface area contributed by atoms with E-state index in [1.165, 1.54) is 0 Å². The third kappa shape index (κ3) is 5.63. The molecule has 3 rings (SSSR count). The number of carbonyl (C=O) groups is 2. The second kappa shape index (κ2) is 9.17. The van der Waals surface area contributed by atoms with Crippen molar-refractivity contribution in [2.24, 2.45) is 5.73 Å². The van der Waals surface area contributed by atoms with Crippen molar-refractivity contribution in [3.63, 3.8) is 0 Å². The lowest BCUT2D eigenvalue weighted by molar-refractivity contribution is -0.117. The van der Waals surface area contributed by atoms with Gasteiger partial charge in [0.15, 0.2) is 0 Å². The van der Waals surface area contributed by atoms with Crippen molar-refractivity contribution in [1.29, 1.82) is 0 Å². The van der Waals surface area contributed by atoms with Gasteiger partial charge in [-0.25, -0.2) is 13.1 Å². The summed E-state index contributed by atoms with van der Waals surface area (Å²) >= 11 is 0. The second-order valence-electron chi connectivity index (χ2n) is 6.94. The number of piperidine rings is 1. The van der Waals surface area contributed by atoms with E-state index in [1.807, 2.05) is 4.90 Å². The van der Waals surface area contributed by atoms with E-state index in [0.29, 0.717) is 31.6 Å². The maximum Gasteiger partial charge on any atom is 0.250 e. The Morgan fingerprint density at radius 3 is 2.28 bits per heavy atom. The number of benzene rings is 2. The zero-order valence-corrected chi connectivity index (χ0v) is 16.7. The van der Waals surface area contributed by atoms with E-state index in [1.54, 1.807) is 54.6 Å². The fourth-order valence-electron chi connectivity index (χ4n) is 3.30. The third-order valence-electron chi connectivity index (χ3n) is 4.80. The van der Waals surface area contributed by atoms with Crippen LogP contribution in [0.2, 0.25) is 0 Å². The Hall–Kier alpha value is -2.75. The molecular weight excluding hydrogens is 392 g/mol. The number of amides is 2. The van der Waals surface area contributed by atoms with E-state index >= 15 is 0 Å². The first-order valence-electron chi connectivity index (χ1n) is 9.33. The minimum absolute atomic E-state index is 0.158. The quantitative estimate of drug-likeness (QED) is 0.625. The van der Waals surface area contributed by atoms with Gasteiger partial charge in [-0.1, -0.05) is 30.3 Å². The van der Waals surface area contributed by atoms with Crippen LogP contribution in [-0.4, -0.2) is 50.8 Å². The zero-order chi connectivity index (χ0) is 20.9. The number of nitrogens with two attached hydrogens (primary N) is 1. The number of likely N-dealkylation sites (tertiary alicyclic amines) is 1. The highest BCUT2D eigenvalue weighted by Gasteiger charge is 2.25. The molecule has 4 N–H and O–H groups in total. The summed E-state index contributed by atoms with van der Waals surface area (Å²) in [4.78, 5) is 26.0. The summed E-state index contributed by atoms with van der Waals surface area (Å²) in [6.07, 6.45) is 1.22. The van der Waals surface area contributed by atoms with E-state index < -0.39 is 15.9 Å². The molecule has 0 spiro atoms. The van der Waals surface area contributed by atoms with Crippen molar-refractivity contribution in [2.75, 3.05) is 25.0 Å². The van der Waals surface area contributed by atoms with Crippen molar-refractivity contribution in [1.82, 2.24) is 9.62 Å². The van der Waals surface area contributed by atoms with Gasteiger partial charge in [0, 0.05) is 19.1 Å². The van der Waals surface area contributed by atoms with Crippen LogP contribution in [0, 0.1) is 0 Å². The summed E-state index contributed by atoms with van der Waals surface area (Å²) < 4.78 is 27.6. The van der Waals surface area contributed by atoms with Gasteiger partial charge in [-0.2, -0.15) is 0 Å². The Balaban J connectivity index is 1.50. The monoisotopic (exact) mass is 416 g/mol. The fraction of sp³-hybridized carbons (Fsp3) is 0.300. The molecule has 0 aliphatic carbocycles. The Kier molecular flexibility index (Phi) is 6.63. The SMILES string of the molecule is NC(=O)c1ccccc1NC(=O)CN1CCC(NS(=O)(=O)c2ccccc2)CC1. The Morgan fingerprint density at radius 1 is 1.00 bits per heavy atom. The highest BCUT2D eigenvalue weighted by molar-refractivity contribution is 7.89. The summed E-state index contributed by atoms with van der Waals surface area (Å²) in [7, 11) is -3.55. The molecule has 29 heavy (non-hydrogen) atoms. The van der Waals surface area contributed by atoms with Crippen LogP contribution in [-0.2, 0) is 14.8 Å². The highest BCUT2D eigenvalue weighted by atomic mass is 32.2. The average molecular weight is 417 g/mol. The molecule has 0 unspecified atom stereocenters. The number of primary amides is 1. The summed E-state index contributed by atoms with van der Waals surface area (Å²) in [6.45, 7) is 1.34. The number of sulfonamides is 1. The second-order valence-corrected chi connectivity index (χ2v) is 8.66. The van der Waals surface area contributed by atoms with E-state index in [-0.39, 0.29) is 29.0 Å². The van der Waals surface area contributed by atoms with Gasteiger partial charge in [-0.3, -0.25) is 14.5 Å².